The van der Waals surface area contributed by atoms with Gasteiger partial charge in [0.1, 0.15) is 30.6 Å². The van der Waals surface area contributed by atoms with Crippen LogP contribution in [0.3, 0.4) is 0 Å². The van der Waals surface area contributed by atoms with Crippen molar-refractivity contribution >= 4 is 0 Å². The van der Waals surface area contributed by atoms with Crippen LogP contribution in [-0.4, -0.2) is 11.7 Å². The highest BCUT2D eigenvalue weighted by Gasteiger charge is 2.06. The third-order valence-electron chi connectivity index (χ3n) is 2.93. The molecule has 2 aromatic carbocycles. The molecule has 0 bridgehead atoms. The van der Waals surface area contributed by atoms with E-state index < -0.39 is 5.82 Å². The zero-order valence-electron chi connectivity index (χ0n) is 11.5. The molecular formula is C17H14F2O2. The quantitative estimate of drug-likeness (QED) is 0.879. The normalized spacial score (nSPS) is 9.90. The molecule has 0 aliphatic heterocycles. The SMILES string of the molecule is Cc1cc(F)ccc1COc1ccc(F)cc1C#CCO. The molecule has 1 N–H and O–H groups in total. The van der Waals surface area contributed by atoms with Gasteiger partial charge >= 0.3 is 0 Å². The molecule has 0 aliphatic carbocycles. The maximum absolute atomic E-state index is 13.2. The Balaban J connectivity index is 2.19. The number of aliphatic hydroxyl groups excluding tert-OH is 1. The summed E-state index contributed by atoms with van der Waals surface area (Å²) < 4.78 is 31.9. The van der Waals surface area contributed by atoms with Crippen molar-refractivity contribution in [2.75, 3.05) is 6.61 Å². The number of hydrogen-bond donors (Lipinski definition) is 1. The molecule has 108 valence electrons. The molecule has 0 aromatic heterocycles. The van der Waals surface area contributed by atoms with Crippen LogP contribution in [0.1, 0.15) is 16.7 Å². The molecule has 21 heavy (non-hydrogen) atoms. The van der Waals surface area contributed by atoms with Gasteiger partial charge in [0.2, 0.25) is 0 Å². The van der Waals surface area contributed by atoms with Gasteiger partial charge in [0.05, 0.1) is 5.56 Å². The maximum Gasteiger partial charge on any atom is 0.135 e. The average molecular weight is 288 g/mol. The number of ether oxygens (including phenoxy) is 1. The molecule has 0 spiro atoms. The van der Waals surface area contributed by atoms with Crippen molar-refractivity contribution in [3.05, 3.63) is 64.7 Å². The highest BCUT2D eigenvalue weighted by molar-refractivity contribution is 5.46. The van der Waals surface area contributed by atoms with Crippen molar-refractivity contribution in [3.63, 3.8) is 0 Å². The van der Waals surface area contributed by atoms with Crippen molar-refractivity contribution in [2.45, 2.75) is 13.5 Å². The Morgan fingerprint density at radius 2 is 1.81 bits per heavy atom. The Bertz CT molecular complexity index is 700. The fourth-order valence-electron chi connectivity index (χ4n) is 1.84. The van der Waals surface area contributed by atoms with Crippen LogP contribution in [0.15, 0.2) is 36.4 Å². The minimum atomic E-state index is -0.428. The van der Waals surface area contributed by atoms with Gasteiger partial charge < -0.3 is 9.84 Å². The van der Waals surface area contributed by atoms with Gasteiger partial charge in [0.25, 0.3) is 0 Å². The summed E-state index contributed by atoms with van der Waals surface area (Å²) in [6.07, 6.45) is 0. The second-order valence-electron chi connectivity index (χ2n) is 4.46. The number of hydrogen-bond acceptors (Lipinski definition) is 2. The van der Waals surface area contributed by atoms with Crippen LogP contribution in [0.5, 0.6) is 5.75 Å². The second kappa shape index (κ2) is 6.87. The van der Waals surface area contributed by atoms with Gasteiger partial charge in [-0.05, 0) is 48.4 Å². The zero-order valence-corrected chi connectivity index (χ0v) is 11.5. The molecule has 2 rings (SSSR count). The van der Waals surface area contributed by atoms with Crippen molar-refractivity contribution in [1.82, 2.24) is 0 Å². The fourth-order valence-corrected chi connectivity index (χ4v) is 1.84. The van der Waals surface area contributed by atoms with E-state index in [-0.39, 0.29) is 19.0 Å². The summed E-state index contributed by atoms with van der Waals surface area (Å²) in [4.78, 5) is 0. The van der Waals surface area contributed by atoms with Crippen LogP contribution in [0.4, 0.5) is 8.78 Å². The summed E-state index contributed by atoms with van der Waals surface area (Å²) in [5.41, 5.74) is 1.98. The van der Waals surface area contributed by atoms with Gasteiger partial charge in [-0.1, -0.05) is 17.9 Å². The van der Waals surface area contributed by atoms with Crippen LogP contribution < -0.4 is 4.74 Å². The third kappa shape index (κ3) is 4.04. The Kier molecular flexibility index (Phi) is 4.91. The molecule has 2 nitrogen and oxygen atoms in total. The summed E-state index contributed by atoms with van der Waals surface area (Å²) >= 11 is 0. The van der Waals surface area contributed by atoms with E-state index in [9.17, 15) is 8.78 Å². The maximum atomic E-state index is 13.2. The van der Waals surface area contributed by atoms with E-state index in [1.54, 1.807) is 13.0 Å². The molecule has 0 fully saturated rings. The van der Waals surface area contributed by atoms with Crippen molar-refractivity contribution in [3.8, 4) is 17.6 Å². The Hall–Kier alpha value is -2.38. The van der Waals surface area contributed by atoms with E-state index >= 15 is 0 Å². The lowest BCUT2D eigenvalue weighted by atomic mass is 10.1. The largest absolute Gasteiger partial charge is 0.488 e. The lowest BCUT2D eigenvalue weighted by Gasteiger charge is -2.10. The van der Waals surface area contributed by atoms with Crippen LogP contribution >= 0.6 is 0 Å². The molecule has 0 saturated heterocycles. The molecule has 0 saturated carbocycles. The topological polar surface area (TPSA) is 29.5 Å². The van der Waals surface area contributed by atoms with E-state index in [0.717, 1.165) is 11.1 Å². The summed E-state index contributed by atoms with van der Waals surface area (Å²) in [6, 6.07) is 8.44. The van der Waals surface area contributed by atoms with Gasteiger partial charge in [-0.3, -0.25) is 0 Å². The van der Waals surface area contributed by atoms with Crippen LogP contribution in [0, 0.1) is 30.4 Å². The molecule has 4 heteroatoms. The minimum Gasteiger partial charge on any atom is -0.488 e. The summed E-state index contributed by atoms with van der Waals surface area (Å²) in [6.45, 7) is 1.71. The van der Waals surface area contributed by atoms with Crippen molar-refractivity contribution in [2.24, 2.45) is 0 Å². The number of benzene rings is 2. The zero-order chi connectivity index (χ0) is 15.2. The number of halogens is 2. The monoisotopic (exact) mass is 288 g/mol. The van der Waals surface area contributed by atoms with Gasteiger partial charge in [-0.2, -0.15) is 0 Å². The molecule has 0 atom stereocenters. The molecule has 2 aromatic rings. The molecular weight excluding hydrogens is 274 g/mol. The van der Waals surface area contributed by atoms with E-state index in [1.165, 1.54) is 30.3 Å². The summed E-state index contributed by atoms with van der Waals surface area (Å²) in [7, 11) is 0. The van der Waals surface area contributed by atoms with E-state index in [4.69, 9.17) is 9.84 Å². The lowest BCUT2D eigenvalue weighted by Crippen LogP contribution is -2.00. The molecule has 0 unspecified atom stereocenters. The van der Waals surface area contributed by atoms with E-state index in [0.29, 0.717) is 11.3 Å². The smallest absolute Gasteiger partial charge is 0.135 e. The molecule has 0 aliphatic rings. The van der Waals surface area contributed by atoms with E-state index in [1.807, 2.05) is 0 Å². The third-order valence-corrected chi connectivity index (χ3v) is 2.93. The van der Waals surface area contributed by atoms with Gasteiger partial charge in [0.15, 0.2) is 0 Å². The van der Waals surface area contributed by atoms with E-state index in [2.05, 4.69) is 11.8 Å². The fraction of sp³-hybridized carbons (Fsp3) is 0.176. The van der Waals surface area contributed by atoms with Crippen molar-refractivity contribution < 1.29 is 18.6 Å². The first kappa shape index (κ1) is 15.0. The lowest BCUT2D eigenvalue weighted by molar-refractivity contribution is 0.304. The Morgan fingerprint density at radius 3 is 2.52 bits per heavy atom. The average Bonchev–Trinajstić information content (AvgIpc) is 2.45. The summed E-state index contributed by atoms with van der Waals surface area (Å²) in [5, 5.41) is 8.71. The van der Waals surface area contributed by atoms with Crippen LogP contribution in [0.2, 0.25) is 0 Å². The van der Waals surface area contributed by atoms with Gasteiger partial charge in [0, 0.05) is 0 Å². The standard InChI is InChI=1S/C17H14F2O2/c1-12-9-15(18)5-4-14(12)11-21-17-7-6-16(19)10-13(17)3-2-8-20/h4-7,9-10,20H,8,11H2,1H3. The number of aliphatic hydroxyl groups is 1. The summed E-state index contributed by atoms with van der Waals surface area (Å²) in [5.74, 6) is 4.79. The number of rotatable bonds is 3. The molecule has 0 amide bonds. The molecule has 0 heterocycles. The predicted octanol–water partition coefficient (Wildman–Crippen LogP) is 3.20. The van der Waals surface area contributed by atoms with Crippen molar-refractivity contribution in [1.29, 1.82) is 0 Å². The predicted molar refractivity (Wildman–Crippen MR) is 75.8 cm³/mol. The Labute approximate surface area is 122 Å². The van der Waals surface area contributed by atoms with Gasteiger partial charge in [-0.15, -0.1) is 0 Å². The number of aryl methyl sites for hydroxylation is 1. The van der Waals surface area contributed by atoms with Crippen LogP contribution in [0.25, 0.3) is 0 Å². The first-order valence-electron chi connectivity index (χ1n) is 6.37. The second-order valence-corrected chi connectivity index (χ2v) is 4.46. The first-order valence-corrected chi connectivity index (χ1v) is 6.37. The highest BCUT2D eigenvalue weighted by Crippen LogP contribution is 2.21. The highest BCUT2D eigenvalue weighted by atomic mass is 19.1. The molecule has 0 radical (unpaired) electrons. The Morgan fingerprint density at radius 1 is 1.10 bits per heavy atom. The minimum absolute atomic E-state index is 0.228. The van der Waals surface area contributed by atoms with Gasteiger partial charge in [-0.25, -0.2) is 8.78 Å². The van der Waals surface area contributed by atoms with Crippen LogP contribution in [-0.2, 0) is 6.61 Å². The first-order chi connectivity index (χ1) is 10.1.